The van der Waals surface area contributed by atoms with E-state index in [4.69, 9.17) is 10.5 Å². The second-order valence-corrected chi connectivity index (χ2v) is 4.88. The van der Waals surface area contributed by atoms with Gasteiger partial charge in [0.05, 0.1) is 6.10 Å². The molecule has 2 N–H and O–H groups in total. The third kappa shape index (κ3) is 3.79. The maximum Gasteiger partial charge on any atom is 0.123 e. The SMILES string of the molecule is COC(C(C)C)C(N)Cc1cc(F)ccc1C. The van der Waals surface area contributed by atoms with Crippen LogP contribution in [0.2, 0.25) is 0 Å². The lowest BCUT2D eigenvalue weighted by Crippen LogP contribution is -2.41. The van der Waals surface area contributed by atoms with E-state index in [1.807, 2.05) is 6.92 Å². The summed E-state index contributed by atoms with van der Waals surface area (Å²) in [5.74, 6) is 0.139. The van der Waals surface area contributed by atoms with Crippen molar-refractivity contribution in [3.05, 3.63) is 35.1 Å². The second-order valence-electron chi connectivity index (χ2n) is 4.88. The quantitative estimate of drug-likeness (QED) is 0.857. The summed E-state index contributed by atoms with van der Waals surface area (Å²) in [4.78, 5) is 0. The molecule has 2 nitrogen and oxygen atoms in total. The standard InChI is InChI=1S/C14H22FNO/c1-9(2)14(17-4)13(16)8-11-7-12(15)6-5-10(11)3/h5-7,9,13-14H,8,16H2,1-4H3. The molecule has 0 aliphatic rings. The smallest absolute Gasteiger partial charge is 0.123 e. The summed E-state index contributed by atoms with van der Waals surface area (Å²) in [6.45, 7) is 6.12. The van der Waals surface area contributed by atoms with Gasteiger partial charge in [-0.1, -0.05) is 19.9 Å². The lowest BCUT2D eigenvalue weighted by Gasteiger charge is -2.26. The fourth-order valence-corrected chi connectivity index (χ4v) is 2.17. The summed E-state index contributed by atoms with van der Waals surface area (Å²) in [5, 5.41) is 0. The van der Waals surface area contributed by atoms with Gasteiger partial charge in [-0.25, -0.2) is 4.39 Å². The number of benzene rings is 1. The van der Waals surface area contributed by atoms with Gasteiger partial charge < -0.3 is 10.5 Å². The molecule has 3 heteroatoms. The normalized spacial score (nSPS) is 15.0. The van der Waals surface area contributed by atoms with Crippen LogP contribution >= 0.6 is 0 Å². The Bertz CT molecular complexity index is 365. The highest BCUT2D eigenvalue weighted by atomic mass is 19.1. The number of hydrogen-bond acceptors (Lipinski definition) is 2. The molecule has 0 aliphatic carbocycles. The predicted molar refractivity (Wildman–Crippen MR) is 68.5 cm³/mol. The van der Waals surface area contributed by atoms with E-state index < -0.39 is 0 Å². The Balaban J connectivity index is 2.79. The number of halogens is 1. The van der Waals surface area contributed by atoms with Crippen LogP contribution in [0, 0.1) is 18.7 Å². The number of aryl methyl sites for hydroxylation is 1. The molecule has 0 aromatic heterocycles. The first-order valence-electron chi connectivity index (χ1n) is 5.99. The predicted octanol–water partition coefficient (Wildman–Crippen LogP) is 2.67. The minimum atomic E-state index is -0.212. The average molecular weight is 239 g/mol. The molecule has 0 aliphatic heterocycles. The first-order valence-corrected chi connectivity index (χ1v) is 5.99. The molecule has 17 heavy (non-hydrogen) atoms. The van der Waals surface area contributed by atoms with E-state index in [0.29, 0.717) is 12.3 Å². The summed E-state index contributed by atoms with van der Waals surface area (Å²) < 4.78 is 18.6. The lowest BCUT2D eigenvalue weighted by molar-refractivity contribution is 0.0441. The largest absolute Gasteiger partial charge is 0.380 e. The van der Waals surface area contributed by atoms with E-state index >= 15 is 0 Å². The highest BCUT2D eigenvalue weighted by molar-refractivity contribution is 5.27. The van der Waals surface area contributed by atoms with Crippen molar-refractivity contribution in [1.82, 2.24) is 0 Å². The van der Waals surface area contributed by atoms with E-state index in [1.165, 1.54) is 6.07 Å². The van der Waals surface area contributed by atoms with Gasteiger partial charge in [0, 0.05) is 13.2 Å². The van der Waals surface area contributed by atoms with Crippen LogP contribution in [0.1, 0.15) is 25.0 Å². The summed E-state index contributed by atoms with van der Waals surface area (Å²) in [6, 6.07) is 4.71. The molecule has 0 fully saturated rings. The third-order valence-corrected chi connectivity index (χ3v) is 3.12. The van der Waals surface area contributed by atoms with Crippen LogP contribution < -0.4 is 5.73 Å². The van der Waals surface area contributed by atoms with Crippen LogP contribution in [0.25, 0.3) is 0 Å². The highest BCUT2D eigenvalue weighted by Crippen LogP contribution is 2.16. The van der Waals surface area contributed by atoms with Gasteiger partial charge in [-0.3, -0.25) is 0 Å². The molecule has 0 heterocycles. The van der Waals surface area contributed by atoms with Crippen molar-refractivity contribution < 1.29 is 9.13 Å². The van der Waals surface area contributed by atoms with Crippen molar-refractivity contribution in [2.75, 3.05) is 7.11 Å². The number of rotatable bonds is 5. The van der Waals surface area contributed by atoms with Gasteiger partial charge >= 0.3 is 0 Å². The van der Waals surface area contributed by atoms with Crippen molar-refractivity contribution in [3.63, 3.8) is 0 Å². The van der Waals surface area contributed by atoms with Gasteiger partial charge in [-0.2, -0.15) is 0 Å². The molecular formula is C14H22FNO. The summed E-state index contributed by atoms with van der Waals surface area (Å²) in [5.41, 5.74) is 8.16. The number of nitrogens with two attached hydrogens (primary N) is 1. The molecular weight excluding hydrogens is 217 g/mol. The molecule has 1 rings (SSSR count). The van der Waals surface area contributed by atoms with Crippen LogP contribution in [-0.4, -0.2) is 19.3 Å². The zero-order valence-corrected chi connectivity index (χ0v) is 11.0. The van der Waals surface area contributed by atoms with Gasteiger partial charge in [0.15, 0.2) is 0 Å². The molecule has 0 saturated heterocycles. The molecule has 96 valence electrons. The van der Waals surface area contributed by atoms with Crippen molar-refractivity contribution in [2.24, 2.45) is 11.7 Å². The zero-order valence-electron chi connectivity index (χ0n) is 11.0. The van der Waals surface area contributed by atoms with Crippen LogP contribution in [0.15, 0.2) is 18.2 Å². The Morgan fingerprint density at radius 2 is 2.00 bits per heavy atom. The summed E-state index contributed by atoms with van der Waals surface area (Å²) in [7, 11) is 1.67. The minimum Gasteiger partial charge on any atom is -0.380 e. The maximum absolute atomic E-state index is 13.2. The minimum absolute atomic E-state index is 0.00216. The Morgan fingerprint density at radius 1 is 1.35 bits per heavy atom. The van der Waals surface area contributed by atoms with Crippen molar-refractivity contribution >= 4 is 0 Å². The Hall–Kier alpha value is -0.930. The first-order chi connectivity index (χ1) is 7.95. The Labute approximate surface area is 103 Å². The van der Waals surface area contributed by atoms with Gasteiger partial charge in [0.2, 0.25) is 0 Å². The summed E-state index contributed by atoms with van der Waals surface area (Å²) >= 11 is 0. The number of ether oxygens (including phenoxy) is 1. The Kier molecular flexibility index (Phi) is 5.09. The molecule has 0 saturated carbocycles. The van der Waals surface area contributed by atoms with Gasteiger partial charge in [0.25, 0.3) is 0 Å². The maximum atomic E-state index is 13.2. The van der Waals surface area contributed by atoms with Crippen molar-refractivity contribution in [1.29, 1.82) is 0 Å². The highest BCUT2D eigenvalue weighted by Gasteiger charge is 2.21. The third-order valence-electron chi connectivity index (χ3n) is 3.12. The lowest BCUT2D eigenvalue weighted by atomic mass is 9.93. The molecule has 2 atom stereocenters. The molecule has 0 amide bonds. The van der Waals surface area contributed by atoms with E-state index in [2.05, 4.69) is 13.8 Å². The number of hydrogen-bond donors (Lipinski definition) is 1. The topological polar surface area (TPSA) is 35.2 Å². The summed E-state index contributed by atoms with van der Waals surface area (Å²) in [6.07, 6.45) is 0.637. The van der Waals surface area contributed by atoms with Crippen molar-refractivity contribution in [2.45, 2.75) is 39.3 Å². The Morgan fingerprint density at radius 3 is 2.53 bits per heavy atom. The van der Waals surface area contributed by atoms with Crippen molar-refractivity contribution in [3.8, 4) is 0 Å². The van der Waals surface area contributed by atoms with Crippen LogP contribution in [0.5, 0.6) is 0 Å². The average Bonchev–Trinajstić information content (AvgIpc) is 2.24. The molecule has 2 unspecified atom stereocenters. The van der Waals surface area contributed by atoms with Crippen LogP contribution in [0.3, 0.4) is 0 Å². The molecule has 0 radical (unpaired) electrons. The van der Waals surface area contributed by atoms with Gasteiger partial charge in [0.1, 0.15) is 5.82 Å². The van der Waals surface area contributed by atoms with E-state index in [9.17, 15) is 4.39 Å². The van der Waals surface area contributed by atoms with Crippen LogP contribution in [-0.2, 0) is 11.2 Å². The zero-order chi connectivity index (χ0) is 13.0. The molecule has 1 aromatic carbocycles. The van der Waals surface area contributed by atoms with E-state index in [-0.39, 0.29) is 18.0 Å². The molecule has 1 aromatic rings. The second kappa shape index (κ2) is 6.12. The fraction of sp³-hybridized carbons (Fsp3) is 0.571. The number of methoxy groups -OCH3 is 1. The van der Waals surface area contributed by atoms with E-state index in [1.54, 1.807) is 19.2 Å². The van der Waals surface area contributed by atoms with Gasteiger partial charge in [-0.15, -0.1) is 0 Å². The van der Waals surface area contributed by atoms with Crippen LogP contribution in [0.4, 0.5) is 4.39 Å². The first kappa shape index (κ1) is 14.1. The van der Waals surface area contributed by atoms with E-state index in [0.717, 1.165) is 11.1 Å². The monoisotopic (exact) mass is 239 g/mol. The van der Waals surface area contributed by atoms with Gasteiger partial charge in [-0.05, 0) is 42.5 Å². The fourth-order valence-electron chi connectivity index (χ4n) is 2.17. The molecule has 0 spiro atoms. The molecule has 0 bridgehead atoms.